The van der Waals surface area contributed by atoms with Crippen molar-refractivity contribution in [3.05, 3.63) is 35.9 Å². The Morgan fingerprint density at radius 2 is 2.12 bits per heavy atom. The van der Waals surface area contributed by atoms with Crippen LogP contribution in [-0.2, 0) is 16.0 Å². The first kappa shape index (κ1) is 11.7. The Kier molecular flexibility index (Phi) is 3.47. The number of amides is 2. The molecule has 0 spiro atoms. The summed E-state index contributed by atoms with van der Waals surface area (Å²) in [7, 11) is 1.74. The summed E-state index contributed by atoms with van der Waals surface area (Å²) in [5.74, 6) is -0.173. The van der Waals surface area contributed by atoms with E-state index in [9.17, 15) is 9.59 Å². The lowest BCUT2D eigenvalue weighted by Crippen LogP contribution is -2.39. The third-order valence-corrected chi connectivity index (χ3v) is 2.85. The third kappa shape index (κ3) is 2.49. The highest BCUT2D eigenvalue weighted by Gasteiger charge is 2.36. The zero-order valence-electron chi connectivity index (χ0n) is 9.76. The maximum Gasteiger partial charge on any atom is 0.416 e. The molecule has 0 radical (unpaired) electrons. The van der Waals surface area contributed by atoms with Crippen LogP contribution in [0.15, 0.2) is 30.3 Å². The van der Waals surface area contributed by atoms with E-state index in [2.05, 4.69) is 0 Å². The van der Waals surface area contributed by atoms with Crippen LogP contribution < -0.4 is 0 Å². The van der Waals surface area contributed by atoms with E-state index in [1.54, 1.807) is 7.85 Å². The van der Waals surface area contributed by atoms with Gasteiger partial charge in [-0.05, 0) is 18.3 Å². The van der Waals surface area contributed by atoms with Gasteiger partial charge in [-0.25, -0.2) is 9.69 Å². The minimum Gasteiger partial charge on any atom is -0.447 e. The van der Waals surface area contributed by atoms with Crippen molar-refractivity contribution in [3.8, 4) is 0 Å². The van der Waals surface area contributed by atoms with Gasteiger partial charge in [-0.2, -0.15) is 0 Å². The second-order valence-corrected chi connectivity index (χ2v) is 4.04. The molecular weight excluding hydrogens is 217 g/mol. The van der Waals surface area contributed by atoms with E-state index in [1.165, 1.54) is 4.90 Å². The number of ether oxygens (including phenoxy) is 1. The topological polar surface area (TPSA) is 46.6 Å². The molecule has 1 aromatic rings. The molecule has 4 nitrogen and oxygen atoms in total. The van der Waals surface area contributed by atoms with Crippen LogP contribution in [0.5, 0.6) is 0 Å². The molecule has 0 N–H and O–H groups in total. The summed E-state index contributed by atoms with van der Waals surface area (Å²) in [5, 5.41) is 0. The first-order valence-corrected chi connectivity index (χ1v) is 5.75. The molecule has 0 aliphatic carbocycles. The van der Waals surface area contributed by atoms with E-state index in [-0.39, 0.29) is 11.9 Å². The molecule has 2 amide bonds. The molecule has 1 aliphatic rings. The fourth-order valence-electron chi connectivity index (χ4n) is 1.97. The lowest BCUT2D eigenvalue weighted by molar-refractivity contribution is -0.126. The van der Waals surface area contributed by atoms with Crippen LogP contribution in [0, 0.1) is 0 Å². The maximum atomic E-state index is 11.7. The molecule has 0 bridgehead atoms. The van der Waals surface area contributed by atoms with Gasteiger partial charge in [0.1, 0.15) is 14.5 Å². The Morgan fingerprint density at radius 1 is 1.41 bits per heavy atom. The van der Waals surface area contributed by atoms with Crippen LogP contribution in [0.1, 0.15) is 5.56 Å². The molecule has 1 heterocycles. The van der Waals surface area contributed by atoms with Crippen molar-refractivity contribution in [3.63, 3.8) is 0 Å². The molecule has 17 heavy (non-hydrogen) atoms. The van der Waals surface area contributed by atoms with E-state index >= 15 is 0 Å². The third-order valence-electron chi connectivity index (χ3n) is 2.85. The van der Waals surface area contributed by atoms with Crippen LogP contribution in [-0.4, -0.2) is 37.4 Å². The SMILES string of the molecule is BCC(=O)N1C(=O)OC[C@@H]1Cc1ccccc1. The molecule has 2 rings (SSSR count). The van der Waals surface area contributed by atoms with Crippen molar-refractivity contribution in [2.45, 2.75) is 18.8 Å². The molecule has 88 valence electrons. The number of imide groups is 1. The van der Waals surface area contributed by atoms with Crippen LogP contribution >= 0.6 is 0 Å². The standard InChI is InChI=1S/C12H14BNO3/c13-7-11(15)14-10(8-17-12(14)16)6-9-4-2-1-3-5-9/h1-5,10H,6-8,13H2/t10-/m0/s1. The van der Waals surface area contributed by atoms with Gasteiger partial charge < -0.3 is 4.74 Å². The molecule has 0 unspecified atom stereocenters. The van der Waals surface area contributed by atoms with Crippen molar-refractivity contribution in [2.75, 3.05) is 6.61 Å². The van der Waals surface area contributed by atoms with E-state index in [4.69, 9.17) is 4.74 Å². The van der Waals surface area contributed by atoms with Crippen molar-refractivity contribution in [2.24, 2.45) is 0 Å². The smallest absolute Gasteiger partial charge is 0.416 e. The average molecular weight is 231 g/mol. The fraction of sp³-hybridized carbons (Fsp3) is 0.333. The largest absolute Gasteiger partial charge is 0.447 e. The fourth-order valence-corrected chi connectivity index (χ4v) is 1.97. The minimum atomic E-state index is -0.516. The Labute approximate surface area is 101 Å². The molecule has 1 aliphatic heterocycles. The average Bonchev–Trinajstić information content (AvgIpc) is 2.71. The van der Waals surface area contributed by atoms with Gasteiger partial charge in [0.2, 0.25) is 5.91 Å². The highest BCUT2D eigenvalue weighted by molar-refractivity contribution is 6.21. The first-order valence-electron chi connectivity index (χ1n) is 5.75. The van der Waals surface area contributed by atoms with Gasteiger partial charge in [-0.3, -0.25) is 4.79 Å². The lowest BCUT2D eigenvalue weighted by atomic mass is 10.0. The summed E-state index contributed by atoms with van der Waals surface area (Å²) < 4.78 is 4.94. The van der Waals surface area contributed by atoms with Crippen LogP contribution in [0.25, 0.3) is 0 Å². The van der Waals surface area contributed by atoms with Crippen molar-refractivity contribution < 1.29 is 14.3 Å². The van der Waals surface area contributed by atoms with Crippen molar-refractivity contribution in [1.29, 1.82) is 0 Å². The number of rotatable bonds is 3. The Morgan fingerprint density at radius 3 is 2.76 bits per heavy atom. The molecule has 5 heteroatoms. The van der Waals surface area contributed by atoms with Gasteiger partial charge >= 0.3 is 6.09 Å². The van der Waals surface area contributed by atoms with Crippen LogP contribution in [0.4, 0.5) is 4.79 Å². The van der Waals surface area contributed by atoms with E-state index in [0.29, 0.717) is 19.3 Å². The normalized spacial score (nSPS) is 19.2. The van der Waals surface area contributed by atoms with Crippen molar-refractivity contribution in [1.82, 2.24) is 4.90 Å². The quantitative estimate of drug-likeness (QED) is 0.716. The Balaban J connectivity index is 2.10. The molecular formula is C12H14BNO3. The van der Waals surface area contributed by atoms with Crippen LogP contribution in [0.2, 0.25) is 6.32 Å². The summed E-state index contributed by atoms with van der Waals surface area (Å²) in [6.07, 6.45) is 0.455. The zero-order chi connectivity index (χ0) is 12.3. The number of cyclic esters (lactones) is 1. The second-order valence-electron chi connectivity index (χ2n) is 4.04. The monoisotopic (exact) mass is 231 g/mol. The second kappa shape index (κ2) is 5.04. The summed E-state index contributed by atoms with van der Waals surface area (Å²) in [6, 6.07) is 9.62. The molecule has 1 fully saturated rings. The van der Waals surface area contributed by atoms with E-state index < -0.39 is 6.09 Å². The zero-order valence-corrected chi connectivity index (χ0v) is 9.76. The molecule has 0 saturated carbocycles. The number of nitrogens with zero attached hydrogens (tertiary/aromatic N) is 1. The summed E-state index contributed by atoms with van der Waals surface area (Å²) in [6.45, 7) is 0.291. The minimum absolute atomic E-state index is 0.169. The summed E-state index contributed by atoms with van der Waals surface area (Å²) in [5.41, 5.74) is 1.10. The van der Waals surface area contributed by atoms with Gasteiger partial charge in [-0.15, -0.1) is 0 Å². The Hall–Kier alpha value is -1.78. The van der Waals surface area contributed by atoms with E-state index in [1.807, 2.05) is 30.3 Å². The van der Waals surface area contributed by atoms with Gasteiger partial charge in [0.25, 0.3) is 0 Å². The van der Waals surface area contributed by atoms with E-state index in [0.717, 1.165) is 5.56 Å². The molecule has 0 aromatic heterocycles. The van der Waals surface area contributed by atoms with Gasteiger partial charge in [-0.1, -0.05) is 30.3 Å². The highest BCUT2D eigenvalue weighted by Crippen LogP contribution is 2.17. The van der Waals surface area contributed by atoms with Crippen LogP contribution in [0.3, 0.4) is 0 Å². The first-order chi connectivity index (χ1) is 8.22. The summed E-state index contributed by atoms with van der Waals surface area (Å²) in [4.78, 5) is 24.4. The maximum absolute atomic E-state index is 11.7. The van der Waals surface area contributed by atoms with Gasteiger partial charge in [0.15, 0.2) is 0 Å². The van der Waals surface area contributed by atoms with Gasteiger partial charge in [0, 0.05) is 0 Å². The number of carbonyl (C=O) groups is 2. The number of carbonyl (C=O) groups excluding carboxylic acids is 2. The van der Waals surface area contributed by atoms with Gasteiger partial charge in [0.05, 0.1) is 6.04 Å². The molecule has 1 saturated heterocycles. The molecule has 1 atom stereocenters. The number of hydrogen-bond donors (Lipinski definition) is 0. The lowest BCUT2D eigenvalue weighted by Gasteiger charge is -2.18. The predicted molar refractivity (Wildman–Crippen MR) is 65.5 cm³/mol. The Bertz CT molecular complexity index is 421. The van der Waals surface area contributed by atoms with Crippen molar-refractivity contribution >= 4 is 19.8 Å². The molecule has 1 aromatic carbocycles. The predicted octanol–water partition coefficient (Wildman–Crippen LogP) is 0.628. The number of hydrogen-bond acceptors (Lipinski definition) is 3. The summed E-state index contributed by atoms with van der Waals surface area (Å²) >= 11 is 0. The highest BCUT2D eigenvalue weighted by atomic mass is 16.6. The number of benzene rings is 1.